The third-order valence-corrected chi connectivity index (χ3v) is 6.69. The lowest BCUT2D eigenvalue weighted by Gasteiger charge is -2.36. The highest BCUT2D eigenvalue weighted by Gasteiger charge is 2.40. The molecule has 4 rings (SSSR count). The number of carbonyl (C=O) groups excluding carboxylic acids is 2. The lowest BCUT2D eigenvalue weighted by molar-refractivity contribution is -0.133. The zero-order chi connectivity index (χ0) is 24.1. The first kappa shape index (κ1) is 24.2. The van der Waals surface area contributed by atoms with Crippen molar-refractivity contribution in [3.05, 3.63) is 70.3 Å². The molecule has 1 fully saturated rings. The van der Waals surface area contributed by atoms with Crippen LogP contribution in [0.15, 0.2) is 42.5 Å². The van der Waals surface area contributed by atoms with Gasteiger partial charge in [0.15, 0.2) is 0 Å². The van der Waals surface area contributed by atoms with E-state index in [1.807, 2.05) is 0 Å². The van der Waals surface area contributed by atoms with Crippen LogP contribution in [0, 0.1) is 11.6 Å². The summed E-state index contributed by atoms with van der Waals surface area (Å²) in [5.41, 5.74) is 1.40. The van der Waals surface area contributed by atoms with E-state index in [4.69, 9.17) is 11.6 Å². The maximum Gasteiger partial charge on any atom is 0.245 e. The maximum absolute atomic E-state index is 13.6. The van der Waals surface area contributed by atoms with Gasteiger partial charge >= 0.3 is 0 Å². The van der Waals surface area contributed by atoms with Crippen LogP contribution in [0.4, 0.5) is 14.5 Å². The first-order chi connectivity index (χ1) is 16.4. The quantitative estimate of drug-likeness (QED) is 0.449. The van der Waals surface area contributed by atoms with Gasteiger partial charge in [-0.3, -0.25) is 9.59 Å². The van der Waals surface area contributed by atoms with Gasteiger partial charge in [-0.15, -0.1) is 0 Å². The van der Waals surface area contributed by atoms with Crippen molar-refractivity contribution in [2.75, 3.05) is 31.5 Å². The van der Waals surface area contributed by atoms with Gasteiger partial charge in [-0.1, -0.05) is 17.7 Å². The largest absolute Gasteiger partial charge is 0.384 e. The highest BCUT2D eigenvalue weighted by molar-refractivity contribution is 6.30. The third kappa shape index (κ3) is 5.56. The Hall–Kier alpha value is -2.97. The van der Waals surface area contributed by atoms with Gasteiger partial charge in [0, 0.05) is 30.8 Å². The van der Waals surface area contributed by atoms with Gasteiger partial charge in [-0.25, -0.2) is 8.78 Å². The number of anilines is 1. The Morgan fingerprint density at radius 3 is 2.71 bits per heavy atom. The summed E-state index contributed by atoms with van der Waals surface area (Å²) in [6.07, 6.45) is 4.41. The highest BCUT2D eigenvalue weighted by Crippen LogP contribution is 2.33. The van der Waals surface area contributed by atoms with E-state index in [-0.39, 0.29) is 22.7 Å². The van der Waals surface area contributed by atoms with Crippen LogP contribution in [0.2, 0.25) is 5.02 Å². The summed E-state index contributed by atoms with van der Waals surface area (Å²) in [5.74, 6) is -1.35. The third-order valence-electron chi connectivity index (χ3n) is 6.40. The van der Waals surface area contributed by atoms with E-state index in [9.17, 15) is 18.4 Å². The number of rotatable bonds is 7. The van der Waals surface area contributed by atoms with Crippen LogP contribution in [0.1, 0.15) is 36.3 Å². The number of fused-ring (bicyclic) bond motifs is 1. The predicted octanol–water partition coefficient (Wildman–Crippen LogP) is 3.59. The molecule has 4 N–H and O–H groups in total. The summed E-state index contributed by atoms with van der Waals surface area (Å²) in [6.45, 7) is 2.31. The average Bonchev–Trinajstić information content (AvgIpc) is 3.22. The molecule has 34 heavy (non-hydrogen) atoms. The summed E-state index contributed by atoms with van der Waals surface area (Å²) in [6, 6.07) is 8.87. The van der Waals surface area contributed by atoms with Gasteiger partial charge in [0.2, 0.25) is 11.8 Å². The van der Waals surface area contributed by atoms with E-state index in [1.165, 1.54) is 42.5 Å². The molecule has 0 saturated carbocycles. The van der Waals surface area contributed by atoms with Crippen LogP contribution in [0.3, 0.4) is 0 Å². The number of hydrogen-bond donors (Lipinski definition) is 4. The monoisotopic (exact) mass is 488 g/mol. The molecule has 9 heteroatoms. The molecule has 0 aromatic heterocycles. The SMILES string of the molecule is O=C(/C=C/c1ccc(F)c(Cl)c1)NC1(C(=O)NCCC2CNc3ccc(F)cc32)CCNCC1. The molecule has 2 aliphatic rings. The van der Waals surface area contributed by atoms with Gasteiger partial charge in [-0.2, -0.15) is 0 Å². The van der Waals surface area contributed by atoms with Crippen LogP contribution in [-0.2, 0) is 9.59 Å². The standard InChI is InChI=1S/C25H27ClF2N4O2/c26-20-13-16(1-4-21(20)28)2-6-23(33)32-25(8-11-29-12-9-25)24(34)30-10-7-17-15-31-22-5-3-18(27)14-19(17)22/h1-6,13-14,17,29,31H,7-12,15H2,(H,30,34)(H,32,33)/b6-2+. The molecular formula is C25H27ClF2N4O2. The number of benzene rings is 2. The van der Waals surface area contributed by atoms with Crippen LogP contribution < -0.4 is 21.3 Å². The minimum absolute atomic E-state index is 0.0282. The summed E-state index contributed by atoms with van der Waals surface area (Å²) in [4.78, 5) is 25.8. The first-order valence-corrected chi connectivity index (χ1v) is 11.7. The second kappa shape index (κ2) is 10.5. The summed E-state index contributed by atoms with van der Waals surface area (Å²) in [7, 11) is 0. The molecule has 2 heterocycles. The summed E-state index contributed by atoms with van der Waals surface area (Å²) < 4.78 is 27.0. The van der Waals surface area contributed by atoms with Gasteiger partial charge in [0.05, 0.1) is 5.02 Å². The van der Waals surface area contributed by atoms with E-state index in [1.54, 1.807) is 6.07 Å². The van der Waals surface area contributed by atoms with E-state index < -0.39 is 17.3 Å². The van der Waals surface area contributed by atoms with Crippen LogP contribution in [0.25, 0.3) is 6.08 Å². The van der Waals surface area contributed by atoms with Gasteiger partial charge < -0.3 is 21.3 Å². The second-order valence-electron chi connectivity index (χ2n) is 8.68. The molecule has 0 bridgehead atoms. The molecule has 6 nitrogen and oxygen atoms in total. The topological polar surface area (TPSA) is 82.3 Å². The molecule has 1 unspecified atom stereocenters. The molecule has 2 aliphatic heterocycles. The number of amides is 2. The van der Waals surface area contributed by atoms with Gasteiger partial charge in [0.25, 0.3) is 0 Å². The molecule has 0 radical (unpaired) electrons. The smallest absolute Gasteiger partial charge is 0.245 e. The Balaban J connectivity index is 1.36. The fourth-order valence-corrected chi connectivity index (χ4v) is 4.68. The van der Waals surface area contributed by atoms with Crippen molar-refractivity contribution in [2.24, 2.45) is 0 Å². The minimum Gasteiger partial charge on any atom is -0.384 e. The zero-order valence-corrected chi connectivity index (χ0v) is 19.4. The van der Waals surface area contributed by atoms with Crippen LogP contribution in [0.5, 0.6) is 0 Å². The first-order valence-electron chi connectivity index (χ1n) is 11.3. The Morgan fingerprint density at radius 1 is 1.15 bits per heavy atom. The predicted molar refractivity (Wildman–Crippen MR) is 129 cm³/mol. The maximum atomic E-state index is 13.6. The molecule has 0 aliphatic carbocycles. The molecule has 180 valence electrons. The van der Waals surface area contributed by atoms with Crippen molar-refractivity contribution in [1.82, 2.24) is 16.0 Å². The van der Waals surface area contributed by atoms with Crippen molar-refractivity contribution >= 4 is 35.2 Å². The van der Waals surface area contributed by atoms with Crippen LogP contribution >= 0.6 is 11.6 Å². The Morgan fingerprint density at radius 2 is 1.94 bits per heavy atom. The number of nitrogens with one attached hydrogen (secondary N) is 4. The molecule has 2 aromatic rings. The van der Waals surface area contributed by atoms with Crippen molar-refractivity contribution < 1.29 is 18.4 Å². The Bertz CT molecular complexity index is 1100. The number of halogens is 3. The Labute approximate surface area is 202 Å². The van der Waals surface area contributed by atoms with E-state index >= 15 is 0 Å². The fourth-order valence-electron chi connectivity index (χ4n) is 4.49. The highest BCUT2D eigenvalue weighted by atomic mass is 35.5. The number of carbonyl (C=O) groups is 2. The fraction of sp³-hybridized carbons (Fsp3) is 0.360. The average molecular weight is 489 g/mol. The normalized spacial score (nSPS) is 18.9. The van der Waals surface area contributed by atoms with Gasteiger partial charge in [-0.05, 0) is 79.9 Å². The molecule has 2 aromatic carbocycles. The molecular weight excluding hydrogens is 462 g/mol. The second-order valence-corrected chi connectivity index (χ2v) is 9.09. The molecule has 1 saturated heterocycles. The van der Waals surface area contributed by atoms with Crippen molar-refractivity contribution in [2.45, 2.75) is 30.7 Å². The number of piperidine rings is 1. The van der Waals surface area contributed by atoms with E-state index in [0.29, 0.717) is 51.0 Å². The summed E-state index contributed by atoms with van der Waals surface area (Å²) in [5, 5.41) is 12.3. The van der Waals surface area contributed by atoms with Crippen LogP contribution in [-0.4, -0.2) is 43.5 Å². The zero-order valence-electron chi connectivity index (χ0n) is 18.6. The molecule has 2 amide bonds. The number of hydrogen-bond acceptors (Lipinski definition) is 4. The molecule has 0 spiro atoms. The van der Waals surface area contributed by atoms with E-state index in [2.05, 4.69) is 21.3 Å². The Kier molecular flexibility index (Phi) is 7.48. The van der Waals surface area contributed by atoms with Crippen molar-refractivity contribution in [3.63, 3.8) is 0 Å². The molecule has 1 atom stereocenters. The van der Waals surface area contributed by atoms with Crippen molar-refractivity contribution in [1.29, 1.82) is 0 Å². The minimum atomic E-state index is -1.02. The lowest BCUT2D eigenvalue weighted by Crippen LogP contribution is -2.62. The van der Waals surface area contributed by atoms with E-state index in [0.717, 1.165) is 11.3 Å². The van der Waals surface area contributed by atoms with Gasteiger partial charge in [0.1, 0.15) is 17.2 Å². The lowest BCUT2D eigenvalue weighted by atomic mass is 9.87. The summed E-state index contributed by atoms with van der Waals surface area (Å²) >= 11 is 5.79. The van der Waals surface area contributed by atoms with Crippen molar-refractivity contribution in [3.8, 4) is 0 Å².